The van der Waals surface area contributed by atoms with Gasteiger partial charge in [-0.05, 0) is 206 Å². The van der Waals surface area contributed by atoms with Gasteiger partial charge in [-0.2, -0.15) is 0 Å². The first kappa shape index (κ1) is 80.1. The number of fused-ring (bicyclic) bond motifs is 11. The zero-order valence-corrected chi connectivity index (χ0v) is 71.3. The summed E-state index contributed by atoms with van der Waals surface area (Å²) < 4.78 is 10.4. The molecule has 0 fully saturated rings. The van der Waals surface area contributed by atoms with Gasteiger partial charge in [0.2, 0.25) is 0 Å². The summed E-state index contributed by atoms with van der Waals surface area (Å²) in [5.74, 6) is 0.839. The van der Waals surface area contributed by atoms with Crippen LogP contribution < -0.4 is 13.6 Å². The average molecular weight is 1650 g/mol. The van der Waals surface area contributed by atoms with Crippen molar-refractivity contribution >= 4 is 165 Å². The third-order valence-electron chi connectivity index (χ3n) is 23.2. The Kier molecular flexibility index (Phi) is 23.8. The molecule has 0 aliphatic carbocycles. The third-order valence-corrected chi connectivity index (χ3v) is 23.5. The molecule has 0 saturated heterocycles. The fourth-order valence-electron chi connectivity index (χ4n) is 17.5. The van der Waals surface area contributed by atoms with E-state index in [1.807, 2.05) is 54.9 Å². The van der Waals surface area contributed by atoms with Gasteiger partial charge in [0.05, 0.1) is 33.4 Å². The Morgan fingerprint density at radius 2 is 0.571 bits per heavy atom. The van der Waals surface area contributed by atoms with Gasteiger partial charge in [0.1, 0.15) is 11.3 Å². The lowest BCUT2D eigenvalue weighted by molar-refractivity contribution is 0.622. The molecule has 0 aliphatic rings. The molecule has 19 aromatic carbocycles. The van der Waals surface area contributed by atoms with Crippen molar-refractivity contribution in [2.75, 3.05) is 9.80 Å². The summed E-state index contributed by atoms with van der Waals surface area (Å²) in [6.45, 7) is 0. The number of rotatable bonds is 13. The van der Waals surface area contributed by atoms with Crippen LogP contribution in [0.25, 0.3) is 159 Å². The molecule has 126 heavy (non-hydrogen) atoms. The number of para-hydroxylation sites is 5. The Balaban J connectivity index is 0.000000117. The van der Waals surface area contributed by atoms with Crippen molar-refractivity contribution < 1.29 is 3.79 Å². The number of hydrogen-bond donors (Lipinski definition) is 0. The second-order valence-electron chi connectivity index (χ2n) is 30.5. The zero-order chi connectivity index (χ0) is 84.9. The molecule has 3 radical (unpaired) electrons. The van der Waals surface area contributed by atoms with Crippen LogP contribution in [0, 0.1) is 0 Å². The minimum Gasteiger partial charge on any atom is -0.649 e. The zero-order valence-electron chi connectivity index (χ0n) is 68.9. The van der Waals surface area contributed by atoms with Crippen molar-refractivity contribution in [1.29, 1.82) is 0 Å². The molecule has 4 heterocycles. The van der Waals surface area contributed by atoms with E-state index in [9.17, 15) is 0 Å². The molecule has 0 amide bonds. The van der Waals surface area contributed by atoms with Crippen LogP contribution in [0.4, 0.5) is 34.1 Å². The van der Waals surface area contributed by atoms with Crippen LogP contribution in [0.1, 0.15) is 0 Å². The molecule has 0 atom stereocenters. The summed E-state index contributed by atoms with van der Waals surface area (Å²) in [7, 11) is 6.97. The Hall–Kier alpha value is -15.7. The van der Waals surface area contributed by atoms with E-state index in [0.29, 0.717) is 0 Å². The van der Waals surface area contributed by atoms with E-state index in [-0.39, 0.29) is 0 Å². The SMILES string of the molecule is [AlH][O]c1cccc2cccnc12.[B]N=P.c1ccc(-c2c3ccccc3c(-c3ccc(-n4c5ccccc5c5ccccc54)cc3)c3ccccc23)cc1.c1ccc(-c2ccnc3c2ccc2c(-c4ccccc4)ccnc23)cc1.c1ccc(N(c2ccc(-c3ccc(N(c4ccccc4)c4cccc5ccccc45)cc3)cc2)c2cccc3ccccc23)cc1. The highest BCUT2D eigenvalue weighted by Gasteiger charge is 2.22. The van der Waals surface area contributed by atoms with Gasteiger partial charge in [0, 0.05) is 84.7 Å². The maximum Gasteiger partial charge on any atom is 0.494 e. The van der Waals surface area contributed by atoms with Crippen molar-refractivity contribution in [2.24, 2.45) is 4.66 Å². The first-order valence-corrected chi connectivity index (χ1v) is 43.0. The number of aromatic nitrogens is 4. The molecule has 0 saturated carbocycles. The Labute approximate surface area is 744 Å². The third kappa shape index (κ3) is 16.3. The summed E-state index contributed by atoms with van der Waals surface area (Å²) in [6, 6.07) is 163. The van der Waals surface area contributed by atoms with Gasteiger partial charge in [0.15, 0.2) is 0 Å². The van der Waals surface area contributed by atoms with Gasteiger partial charge < -0.3 is 22.8 Å². The molecule has 0 aliphatic heterocycles. The Morgan fingerprint density at radius 3 is 1.00 bits per heavy atom. The van der Waals surface area contributed by atoms with Crippen LogP contribution in [-0.4, -0.2) is 44.1 Å². The molecule has 593 valence electrons. The van der Waals surface area contributed by atoms with Crippen LogP contribution >= 0.6 is 9.03 Å². The van der Waals surface area contributed by atoms with Gasteiger partial charge in [-0.1, -0.05) is 352 Å². The Bertz CT molecular complexity index is 7400. The molecular weight excluding hydrogens is 1560 g/mol. The summed E-state index contributed by atoms with van der Waals surface area (Å²) in [6.07, 6.45) is 5.52. The van der Waals surface area contributed by atoms with Crippen molar-refractivity contribution in [1.82, 2.24) is 19.5 Å². The first-order valence-electron chi connectivity index (χ1n) is 42.0. The Morgan fingerprint density at radius 1 is 0.254 bits per heavy atom. The van der Waals surface area contributed by atoms with E-state index < -0.39 is 0 Å². The van der Waals surface area contributed by atoms with Gasteiger partial charge in [-0.3, -0.25) is 15.0 Å². The van der Waals surface area contributed by atoms with Crippen molar-refractivity contribution in [3.8, 4) is 67.1 Å². The van der Waals surface area contributed by atoms with Crippen LogP contribution in [0.3, 0.4) is 0 Å². The van der Waals surface area contributed by atoms with Crippen molar-refractivity contribution in [3.63, 3.8) is 0 Å². The standard InChI is InChI=1S/C44H32N2.C38H25N.C24H16N2.C9H7NO.Al.BHNP.H/c1-3-17-37(18-4-1)45(43-23-11-15-35-13-7-9-21-41(35)43)39-29-25-33(26-30-39)34-27-31-40(32-28-34)46(38-19-5-2-6-20-38)44-24-12-16-36-14-8-10-22-42(36)44;1-2-12-26(13-3-1)37-31-16-4-6-18-33(31)38(34-19-7-5-17-32(34)37)27-22-24-28(25-23-27)39-35-20-10-8-14-29(35)30-15-9-11-21-36(30)39;1-3-7-17(8-4-1)19-13-15-25-23-21(19)11-12-22-20(14-16-26-24(22)23)18-9-5-2-6-10-18;11-8-5-1-3-7-4-2-6-10-9(7)8;;1-2-3;/h1-32H;1-25H;1-16H;1-6,11H;;3H;/q;;;;+1;;/p-1. The highest BCUT2D eigenvalue weighted by atomic mass is 31.0. The smallest absolute Gasteiger partial charge is 0.494 e. The van der Waals surface area contributed by atoms with Crippen LogP contribution in [0.2, 0.25) is 0 Å². The quantitative estimate of drug-likeness (QED) is 0.0496. The van der Waals surface area contributed by atoms with E-state index in [2.05, 4.69) is 470 Å². The number of hydrogen-bond acceptors (Lipinski definition) is 7. The minimum absolute atomic E-state index is 0.839. The summed E-state index contributed by atoms with van der Waals surface area (Å²) in [5, 5.41) is 16.0. The molecule has 0 bridgehead atoms. The second kappa shape index (κ2) is 37.4. The molecular formula is C115H81AlBN7OP. The fraction of sp³-hybridized carbons (Fsp3) is 0. The summed E-state index contributed by atoms with van der Waals surface area (Å²) in [5.41, 5.74) is 25.5. The number of nitrogens with zero attached hydrogens (tertiary/aromatic N) is 7. The van der Waals surface area contributed by atoms with E-state index in [0.717, 1.165) is 72.6 Å². The monoisotopic (exact) mass is 1640 g/mol. The van der Waals surface area contributed by atoms with Gasteiger partial charge in [-0.15, -0.1) is 0 Å². The van der Waals surface area contributed by atoms with Crippen LogP contribution in [-0.2, 0) is 0 Å². The fourth-order valence-corrected chi connectivity index (χ4v) is 17.7. The molecule has 0 unspecified atom stereocenters. The minimum atomic E-state index is 0.839. The molecule has 23 rings (SSSR count). The highest BCUT2D eigenvalue weighted by molar-refractivity contribution is 7.05. The lowest BCUT2D eigenvalue weighted by Crippen LogP contribution is -2.10. The largest absolute Gasteiger partial charge is 0.649 e. The number of benzene rings is 19. The lowest BCUT2D eigenvalue weighted by Gasteiger charge is -2.27. The number of pyridine rings is 3. The summed E-state index contributed by atoms with van der Waals surface area (Å²) >= 11 is 1.47. The summed E-state index contributed by atoms with van der Waals surface area (Å²) in [4.78, 5) is 18.3. The van der Waals surface area contributed by atoms with Crippen LogP contribution in [0.5, 0.6) is 5.75 Å². The predicted molar refractivity (Wildman–Crippen MR) is 537 cm³/mol. The lowest BCUT2D eigenvalue weighted by atomic mass is 9.86. The van der Waals surface area contributed by atoms with Gasteiger partial charge >= 0.3 is 16.6 Å². The maximum atomic E-state index is 5.19. The molecule has 23 aromatic rings. The topological polar surface area (TPSA) is 71.7 Å². The van der Waals surface area contributed by atoms with Crippen LogP contribution in [0.15, 0.2) is 484 Å². The predicted octanol–water partition coefficient (Wildman–Crippen LogP) is 31.0. The second-order valence-corrected chi connectivity index (χ2v) is 31.0. The average Bonchev–Trinajstić information content (AvgIpc) is 1.28. The van der Waals surface area contributed by atoms with Crippen molar-refractivity contribution in [2.45, 2.75) is 0 Å². The molecule has 4 aromatic heterocycles. The molecule has 0 spiro atoms. The first-order chi connectivity index (χ1) is 62.5. The highest BCUT2D eigenvalue weighted by Crippen LogP contribution is 2.47. The van der Waals surface area contributed by atoms with E-state index in [1.165, 1.54) is 143 Å². The van der Waals surface area contributed by atoms with Gasteiger partial charge in [-0.25, -0.2) is 0 Å². The number of anilines is 6. The maximum absolute atomic E-state index is 5.19. The van der Waals surface area contributed by atoms with E-state index in [1.54, 1.807) is 6.20 Å². The van der Waals surface area contributed by atoms with E-state index in [4.69, 9.17) is 3.79 Å². The van der Waals surface area contributed by atoms with Crippen molar-refractivity contribution in [3.05, 3.63) is 480 Å². The molecule has 0 N–H and O–H groups in total. The van der Waals surface area contributed by atoms with E-state index >= 15 is 0 Å². The molecule has 8 nitrogen and oxygen atoms in total. The van der Waals surface area contributed by atoms with Gasteiger partial charge in [0.25, 0.3) is 7.98 Å². The molecule has 11 heteroatoms. The normalized spacial score (nSPS) is 11.0.